The molecule has 1 fully saturated rings. The van der Waals surface area contributed by atoms with Crippen molar-refractivity contribution in [2.24, 2.45) is 12.0 Å². The molecule has 1 saturated heterocycles. The molecule has 1 N–H and O–H groups in total. The van der Waals surface area contributed by atoms with Crippen LogP contribution in [0.1, 0.15) is 23.2 Å². The van der Waals surface area contributed by atoms with Gasteiger partial charge >= 0.3 is 0 Å². The number of hydrogen-bond acceptors (Lipinski definition) is 5. The molecule has 0 spiro atoms. The van der Waals surface area contributed by atoms with Gasteiger partial charge in [0.2, 0.25) is 15.1 Å². The minimum Gasteiger partial charge on any atom is -0.319 e. The predicted molar refractivity (Wildman–Crippen MR) is 121 cm³/mol. The van der Waals surface area contributed by atoms with Crippen LogP contribution in [0.4, 0.5) is 0 Å². The van der Waals surface area contributed by atoms with Crippen LogP contribution in [0.5, 0.6) is 0 Å². The van der Waals surface area contributed by atoms with Gasteiger partial charge in [-0.05, 0) is 61.5 Å². The number of rotatable bonds is 3. The van der Waals surface area contributed by atoms with Crippen molar-refractivity contribution in [3.8, 4) is 0 Å². The average molecular weight is 461 g/mol. The van der Waals surface area contributed by atoms with E-state index in [0.717, 1.165) is 23.1 Å². The predicted octanol–water partition coefficient (Wildman–Crippen LogP) is 2.64. The fraction of sp³-hybridized carbons (Fsp3) is 0.250. The first-order chi connectivity index (χ1) is 14.4. The first-order valence-electron chi connectivity index (χ1n) is 9.41. The first kappa shape index (κ1) is 20.9. The summed E-state index contributed by atoms with van der Waals surface area (Å²) in [7, 11) is -1.62. The van der Waals surface area contributed by atoms with Crippen LogP contribution in [-0.4, -0.2) is 41.4 Å². The second-order valence-corrected chi connectivity index (χ2v) is 10.3. The van der Waals surface area contributed by atoms with Gasteiger partial charge in [0.15, 0.2) is 4.80 Å². The Morgan fingerprint density at radius 3 is 2.43 bits per heavy atom. The Balaban J connectivity index is 1.49. The van der Waals surface area contributed by atoms with Gasteiger partial charge in [0.05, 0.1) is 15.1 Å². The lowest BCUT2D eigenvalue weighted by molar-refractivity contribution is 0.0977. The van der Waals surface area contributed by atoms with Gasteiger partial charge in [-0.1, -0.05) is 23.5 Å². The smallest absolute Gasteiger partial charge is 0.257 e. The van der Waals surface area contributed by atoms with E-state index in [9.17, 15) is 13.2 Å². The third kappa shape index (κ3) is 4.08. The van der Waals surface area contributed by atoms with Crippen LogP contribution in [0, 0.1) is 0 Å². The zero-order valence-electron chi connectivity index (χ0n) is 16.2. The Bertz CT molecular complexity index is 1280. The van der Waals surface area contributed by atoms with Crippen molar-refractivity contribution in [2.45, 2.75) is 17.7 Å². The number of carbonyl (C=O) groups excluding carboxylic acids is 1. The Labute approximate surface area is 183 Å². The number of thiocarbonyl (C=S) groups is 1. The molecular formula is C20H20N4O3S3. The van der Waals surface area contributed by atoms with Gasteiger partial charge in [-0.25, -0.2) is 8.42 Å². The molecule has 0 atom stereocenters. The van der Waals surface area contributed by atoms with Crippen LogP contribution in [-0.2, 0) is 17.1 Å². The molecule has 0 aliphatic carbocycles. The summed E-state index contributed by atoms with van der Waals surface area (Å²) in [6.07, 6.45) is 1.75. The monoisotopic (exact) mass is 460 g/mol. The second kappa shape index (κ2) is 8.38. The molecule has 1 aliphatic rings. The number of aromatic nitrogens is 1. The molecule has 3 aromatic rings. The Kier molecular flexibility index (Phi) is 5.83. The Hall–Kier alpha value is -2.40. The fourth-order valence-corrected chi connectivity index (χ4v) is 6.11. The summed E-state index contributed by atoms with van der Waals surface area (Å²) in [6, 6.07) is 13.8. The van der Waals surface area contributed by atoms with Gasteiger partial charge in [-0.15, -0.1) is 0 Å². The van der Waals surface area contributed by atoms with E-state index in [-0.39, 0.29) is 10.0 Å². The maximum Gasteiger partial charge on any atom is 0.257 e. The summed E-state index contributed by atoms with van der Waals surface area (Å²) in [5.41, 5.74) is 1.35. The van der Waals surface area contributed by atoms with E-state index < -0.39 is 15.9 Å². The van der Waals surface area contributed by atoms with Crippen molar-refractivity contribution in [3.63, 3.8) is 0 Å². The number of para-hydroxylation sites is 1. The molecular weight excluding hydrogens is 440 g/mol. The number of nitrogens with zero attached hydrogens (tertiary/aromatic N) is 3. The van der Waals surface area contributed by atoms with E-state index in [4.69, 9.17) is 12.2 Å². The zero-order chi connectivity index (χ0) is 21.3. The summed E-state index contributed by atoms with van der Waals surface area (Å²) in [5, 5.41) is 2.64. The van der Waals surface area contributed by atoms with Crippen LogP contribution in [0.15, 0.2) is 58.4 Å². The van der Waals surface area contributed by atoms with E-state index in [0.29, 0.717) is 23.5 Å². The summed E-state index contributed by atoms with van der Waals surface area (Å²) in [4.78, 5) is 17.7. The van der Waals surface area contributed by atoms with Gasteiger partial charge in [-0.2, -0.15) is 9.30 Å². The molecule has 2 aromatic carbocycles. The molecule has 0 saturated carbocycles. The molecule has 10 heteroatoms. The van der Waals surface area contributed by atoms with Crippen molar-refractivity contribution >= 4 is 54.8 Å². The number of carbonyl (C=O) groups is 1. The molecule has 1 aromatic heterocycles. The quantitative estimate of drug-likeness (QED) is 0.609. The van der Waals surface area contributed by atoms with Crippen LogP contribution in [0.25, 0.3) is 10.2 Å². The lowest BCUT2D eigenvalue weighted by Crippen LogP contribution is -2.30. The Morgan fingerprint density at radius 2 is 1.77 bits per heavy atom. The van der Waals surface area contributed by atoms with E-state index >= 15 is 0 Å². The number of sulfonamides is 1. The van der Waals surface area contributed by atoms with Crippen LogP contribution < -0.4 is 10.1 Å². The second-order valence-electron chi connectivity index (χ2n) is 6.92. The lowest BCUT2D eigenvalue weighted by Gasteiger charge is -2.15. The average Bonchev–Trinajstić information content (AvgIpc) is 3.38. The number of aryl methyl sites for hydroxylation is 1. The molecule has 1 amide bonds. The van der Waals surface area contributed by atoms with Crippen LogP contribution in [0.2, 0.25) is 0 Å². The minimum absolute atomic E-state index is 0.0518. The Morgan fingerprint density at radius 1 is 1.10 bits per heavy atom. The molecule has 1 aliphatic heterocycles. The van der Waals surface area contributed by atoms with Gasteiger partial charge in [0.25, 0.3) is 5.91 Å². The summed E-state index contributed by atoms with van der Waals surface area (Å²) in [5.74, 6) is -0.433. The number of thiazole rings is 1. The van der Waals surface area contributed by atoms with E-state index in [1.54, 1.807) is 0 Å². The zero-order valence-corrected chi connectivity index (χ0v) is 18.7. The van der Waals surface area contributed by atoms with Crippen molar-refractivity contribution in [3.05, 3.63) is 58.9 Å². The molecule has 30 heavy (non-hydrogen) atoms. The molecule has 0 radical (unpaired) electrons. The van der Waals surface area contributed by atoms with Gasteiger partial charge < -0.3 is 4.57 Å². The van der Waals surface area contributed by atoms with E-state index in [1.165, 1.54) is 39.9 Å². The maximum absolute atomic E-state index is 12.6. The fourth-order valence-electron chi connectivity index (χ4n) is 3.33. The molecule has 0 unspecified atom stereocenters. The number of nitrogens with one attached hydrogen (secondary N) is 1. The third-order valence-electron chi connectivity index (χ3n) is 4.95. The molecule has 4 rings (SSSR count). The molecule has 2 heterocycles. The summed E-state index contributed by atoms with van der Waals surface area (Å²) >= 11 is 6.70. The van der Waals surface area contributed by atoms with Crippen molar-refractivity contribution in [1.82, 2.24) is 14.2 Å². The molecule has 0 bridgehead atoms. The highest BCUT2D eigenvalue weighted by Crippen LogP contribution is 2.21. The number of amides is 1. The minimum atomic E-state index is -3.51. The third-order valence-corrected chi connectivity index (χ3v) is 8.17. The summed E-state index contributed by atoms with van der Waals surface area (Å²) < 4.78 is 29.6. The highest BCUT2D eigenvalue weighted by molar-refractivity contribution is 7.89. The van der Waals surface area contributed by atoms with E-state index in [2.05, 4.69) is 10.3 Å². The highest BCUT2D eigenvalue weighted by atomic mass is 32.2. The van der Waals surface area contributed by atoms with Crippen molar-refractivity contribution in [2.75, 3.05) is 13.1 Å². The van der Waals surface area contributed by atoms with Gasteiger partial charge in [-0.3, -0.25) is 10.1 Å². The van der Waals surface area contributed by atoms with Crippen molar-refractivity contribution < 1.29 is 13.2 Å². The largest absolute Gasteiger partial charge is 0.319 e. The van der Waals surface area contributed by atoms with Crippen molar-refractivity contribution in [1.29, 1.82) is 0 Å². The number of fused-ring (bicyclic) bond motifs is 1. The highest BCUT2D eigenvalue weighted by Gasteiger charge is 2.27. The van der Waals surface area contributed by atoms with Gasteiger partial charge in [0.1, 0.15) is 0 Å². The van der Waals surface area contributed by atoms with Crippen LogP contribution in [0.3, 0.4) is 0 Å². The number of benzene rings is 2. The normalized spacial score (nSPS) is 15.6. The topological polar surface area (TPSA) is 83.8 Å². The van der Waals surface area contributed by atoms with Crippen LogP contribution >= 0.6 is 23.6 Å². The SMILES string of the molecule is Cn1c(=NC(=S)NC(=O)c2ccc(S(=O)(=O)N3CCCC3)cc2)sc2ccccc21. The van der Waals surface area contributed by atoms with E-state index in [1.807, 2.05) is 35.9 Å². The molecule has 7 nitrogen and oxygen atoms in total. The molecule has 156 valence electrons. The first-order valence-corrected chi connectivity index (χ1v) is 12.1. The van der Waals surface area contributed by atoms with Gasteiger partial charge in [0, 0.05) is 25.7 Å². The number of hydrogen-bond donors (Lipinski definition) is 1. The maximum atomic E-state index is 12.6. The standard InChI is InChI=1S/C20H20N4O3S3/c1-23-16-6-2-3-7-17(16)29-20(23)22-19(28)21-18(25)14-8-10-15(11-9-14)30(26,27)24-12-4-5-13-24/h2-3,6-11H,4-5,12-13H2,1H3,(H,21,25,28). The lowest BCUT2D eigenvalue weighted by atomic mass is 10.2. The summed E-state index contributed by atoms with van der Waals surface area (Å²) in [6.45, 7) is 1.07.